The van der Waals surface area contributed by atoms with Crippen molar-refractivity contribution in [2.24, 2.45) is 5.92 Å². The Hall–Kier alpha value is -3.21. The summed E-state index contributed by atoms with van der Waals surface area (Å²) in [5.41, 5.74) is 5.33. The summed E-state index contributed by atoms with van der Waals surface area (Å²) in [6.07, 6.45) is 5.33. The van der Waals surface area contributed by atoms with Crippen molar-refractivity contribution in [1.29, 1.82) is 0 Å². The van der Waals surface area contributed by atoms with Crippen LogP contribution in [-0.4, -0.2) is 29.2 Å². The highest BCUT2D eigenvalue weighted by Gasteiger charge is 2.27. The predicted molar refractivity (Wildman–Crippen MR) is 131 cm³/mol. The molecular weight excluding hydrogens is 396 g/mol. The maximum Gasteiger partial charge on any atom is 0.229 e. The Bertz CT molecular complexity index is 1030. The van der Waals surface area contributed by atoms with Crippen molar-refractivity contribution in [2.75, 3.05) is 23.3 Å². The first-order chi connectivity index (χ1) is 15.6. The molecule has 1 amide bonds. The molecule has 2 heterocycles. The lowest BCUT2D eigenvalue weighted by atomic mass is 9.97. The Labute approximate surface area is 190 Å². The molecule has 1 fully saturated rings. The monoisotopic (exact) mass is 428 g/mol. The van der Waals surface area contributed by atoms with Crippen molar-refractivity contribution in [1.82, 2.24) is 10.2 Å². The predicted octanol–water partition coefficient (Wildman–Crippen LogP) is 5.65. The number of anilines is 2. The number of amides is 1. The van der Waals surface area contributed by atoms with Gasteiger partial charge in [-0.1, -0.05) is 49.2 Å². The number of hydrogen-bond acceptors (Lipinski definition) is 4. The van der Waals surface area contributed by atoms with Crippen LogP contribution in [0.3, 0.4) is 0 Å². The fraction of sp³-hybridized carbons (Fsp3) is 0.370. The van der Waals surface area contributed by atoms with Crippen LogP contribution in [-0.2, 0) is 11.2 Å². The van der Waals surface area contributed by atoms with Crippen molar-refractivity contribution in [3.63, 3.8) is 0 Å². The van der Waals surface area contributed by atoms with Crippen LogP contribution in [0.2, 0.25) is 0 Å². The number of benzene rings is 2. The van der Waals surface area contributed by atoms with Gasteiger partial charge in [-0.15, -0.1) is 10.2 Å². The minimum Gasteiger partial charge on any atom is -0.354 e. The van der Waals surface area contributed by atoms with Crippen molar-refractivity contribution in [2.45, 2.75) is 46.0 Å². The molecule has 0 bridgehead atoms. The fourth-order valence-corrected chi connectivity index (χ4v) is 4.23. The van der Waals surface area contributed by atoms with E-state index < -0.39 is 0 Å². The Morgan fingerprint density at radius 2 is 1.94 bits per heavy atom. The van der Waals surface area contributed by atoms with E-state index in [0.29, 0.717) is 6.54 Å². The van der Waals surface area contributed by atoms with Crippen molar-refractivity contribution in [3.8, 4) is 11.3 Å². The van der Waals surface area contributed by atoms with Gasteiger partial charge in [0, 0.05) is 24.3 Å². The van der Waals surface area contributed by atoms with Crippen LogP contribution in [0.4, 0.5) is 11.5 Å². The van der Waals surface area contributed by atoms with Crippen LogP contribution in [0.1, 0.15) is 43.7 Å². The van der Waals surface area contributed by atoms with Gasteiger partial charge in [-0.05, 0) is 68.5 Å². The largest absolute Gasteiger partial charge is 0.354 e. The first-order valence-corrected chi connectivity index (χ1v) is 11.7. The van der Waals surface area contributed by atoms with Crippen LogP contribution in [0.25, 0.3) is 11.3 Å². The van der Waals surface area contributed by atoms with Crippen LogP contribution in [0.15, 0.2) is 60.7 Å². The van der Waals surface area contributed by atoms with Crippen molar-refractivity contribution < 1.29 is 4.79 Å². The first kappa shape index (κ1) is 22.0. The van der Waals surface area contributed by atoms with E-state index in [9.17, 15) is 4.79 Å². The zero-order valence-electron chi connectivity index (χ0n) is 19.1. The lowest BCUT2D eigenvalue weighted by Crippen LogP contribution is -2.41. The molecule has 0 aliphatic carbocycles. The van der Waals surface area contributed by atoms with E-state index in [2.05, 4.69) is 58.5 Å². The summed E-state index contributed by atoms with van der Waals surface area (Å²) >= 11 is 0. The van der Waals surface area contributed by atoms with Crippen LogP contribution in [0, 0.1) is 12.8 Å². The number of piperidine rings is 1. The SMILES string of the molecule is CCCCc1ccc(NC(=O)[C@@H]2CCCN(c3ccc(-c4cccc(C)c4)nn3)C2)cc1. The molecule has 1 aliphatic rings. The molecule has 5 nitrogen and oxygen atoms in total. The lowest BCUT2D eigenvalue weighted by Gasteiger charge is -2.32. The highest BCUT2D eigenvalue weighted by atomic mass is 16.1. The van der Waals surface area contributed by atoms with Crippen LogP contribution in [0.5, 0.6) is 0 Å². The van der Waals surface area contributed by atoms with Gasteiger partial charge in [0.05, 0.1) is 11.6 Å². The van der Waals surface area contributed by atoms with Crippen molar-refractivity contribution >= 4 is 17.4 Å². The summed E-state index contributed by atoms with van der Waals surface area (Å²) in [5, 5.41) is 12.0. The smallest absolute Gasteiger partial charge is 0.229 e. The molecule has 3 aromatic rings. The average Bonchev–Trinajstić information content (AvgIpc) is 2.84. The van der Waals surface area contributed by atoms with Crippen LogP contribution >= 0.6 is 0 Å². The Morgan fingerprint density at radius 1 is 1.09 bits per heavy atom. The third-order valence-corrected chi connectivity index (χ3v) is 6.12. The summed E-state index contributed by atoms with van der Waals surface area (Å²) in [7, 11) is 0. The second-order valence-corrected chi connectivity index (χ2v) is 8.72. The average molecular weight is 429 g/mol. The number of aryl methyl sites for hydroxylation is 2. The number of carbonyl (C=O) groups is 1. The van der Waals surface area contributed by atoms with Gasteiger partial charge in [-0.25, -0.2) is 0 Å². The molecule has 1 aliphatic heterocycles. The number of nitrogens with one attached hydrogen (secondary N) is 1. The molecular formula is C27H32N4O. The zero-order chi connectivity index (χ0) is 22.3. The standard InChI is InChI=1S/C27H32N4O/c1-3-4-8-21-11-13-24(14-12-21)28-27(32)23-10-6-17-31(19-23)26-16-15-25(29-30-26)22-9-5-7-20(2)18-22/h5,7,9,11-16,18,23H,3-4,6,8,10,17,19H2,1-2H3,(H,28,32)/t23-/m1/s1. The van der Waals surface area contributed by atoms with Gasteiger partial charge in [0.1, 0.15) is 0 Å². The number of carbonyl (C=O) groups excluding carboxylic acids is 1. The normalized spacial score (nSPS) is 16.1. The molecule has 0 unspecified atom stereocenters. The zero-order valence-corrected chi connectivity index (χ0v) is 19.1. The maximum atomic E-state index is 12.9. The number of aromatic nitrogens is 2. The molecule has 2 aromatic carbocycles. The Balaban J connectivity index is 1.37. The lowest BCUT2D eigenvalue weighted by molar-refractivity contribution is -0.120. The van der Waals surface area contributed by atoms with E-state index in [0.717, 1.165) is 48.6 Å². The molecule has 0 radical (unpaired) electrons. The van der Waals surface area contributed by atoms with Gasteiger partial charge in [0.25, 0.3) is 0 Å². The summed E-state index contributed by atoms with van der Waals surface area (Å²) in [4.78, 5) is 15.1. The number of rotatable bonds is 7. The molecule has 1 atom stereocenters. The van der Waals surface area contributed by atoms with E-state index >= 15 is 0 Å². The topological polar surface area (TPSA) is 58.1 Å². The molecule has 166 valence electrons. The third-order valence-electron chi connectivity index (χ3n) is 6.12. The van der Waals surface area contributed by atoms with Gasteiger partial charge in [-0.2, -0.15) is 0 Å². The van der Waals surface area contributed by atoms with E-state index in [-0.39, 0.29) is 11.8 Å². The second kappa shape index (κ2) is 10.4. The van der Waals surface area contributed by atoms with Gasteiger partial charge in [0.2, 0.25) is 5.91 Å². The molecule has 1 saturated heterocycles. The summed E-state index contributed by atoms with van der Waals surface area (Å²) in [6.45, 7) is 5.84. The number of hydrogen-bond donors (Lipinski definition) is 1. The van der Waals surface area contributed by atoms with Crippen LogP contribution < -0.4 is 10.2 Å². The molecule has 4 rings (SSSR count). The van der Waals surface area contributed by atoms with Gasteiger partial charge >= 0.3 is 0 Å². The molecule has 0 spiro atoms. The summed E-state index contributed by atoms with van der Waals surface area (Å²) in [5.74, 6) is 0.862. The fourth-order valence-electron chi connectivity index (χ4n) is 4.23. The Kier molecular flexibility index (Phi) is 7.15. The second-order valence-electron chi connectivity index (χ2n) is 8.72. The molecule has 1 N–H and O–H groups in total. The van der Waals surface area contributed by atoms with Crippen molar-refractivity contribution in [3.05, 3.63) is 71.8 Å². The van der Waals surface area contributed by atoms with Gasteiger partial charge in [0.15, 0.2) is 5.82 Å². The number of nitrogens with zero attached hydrogens (tertiary/aromatic N) is 3. The minimum atomic E-state index is -0.0539. The van der Waals surface area contributed by atoms with E-state index in [1.54, 1.807) is 0 Å². The molecule has 32 heavy (non-hydrogen) atoms. The highest BCUT2D eigenvalue weighted by molar-refractivity contribution is 5.93. The van der Waals surface area contributed by atoms with Gasteiger partial charge < -0.3 is 10.2 Å². The third kappa shape index (κ3) is 5.52. The first-order valence-electron chi connectivity index (χ1n) is 11.7. The molecule has 5 heteroatoms. The number of unbranched alkanes of at least 4 members (excludes halogenated alkanes) is 1. The highest BCUT2D eigenvalue weighted by Crippen LogP contribution is 2.25. The molecule has 1 aromatic heterocycles. The maximum absolute atomic E-state index is 12.9. The quantitative estimate of drug-likeness (QED) is 0.528. The summed E-state index contributed by atoms with van der Waals surface area (Å²) in [6, 6.07) is 20.6. The minimum absolute atomic E-state index is 0.0539. The Morgan fingerprint density at radius 3 is 2.66 bits per heavy atom. The van der Waals surface area contributed by atoms with E-state index in [1.807, 2.05) is 36.4 Å². The van der Waals surface area contributed by atoms with E-state index in [4.69, 9.17) is 0 Å². The van der Waals surface area contributed by atoms with Gasteiger partial charge in [-0.3, -0.25) is 4.79 Å². The van der Waals surface area contributed by atoms with E-state index in [1.165, 1.54) is 24.0 Å². The molecule has 0 saturated carbocycles. The summed E-state index contributed by atoms with van der Waals surface area (Å²) < 4.78 is 0.